The van der Waals surface area contributed by atoms with Crippen molar-refractivity contribution in [2.24, 2.45) is 0 Å². The Morgan fingerprint density at radius 2 is 2.13 bits per heavy atom. The van der Waals surface area contributed by atoms with Gasteiger partial charge in [-0.15, -0.1) is 11.3 Å². The standard InChI is InChI=1S/C23H25N3O3S2/c1-2-25-18(16-7-8-19-20(13-16)29-11-10-28-19)14-24-23(25)31-15-22(27)26-9-3-5-17(26)21-6-4-12-30-21/h4,6-8,12-14,17H,2-3,5,9-11,15H2,1H3. The Hall–Kier alpha value is -2.45. The van der Waals surface area contributed by atoms with Gasteiger partial charge in [0.25, 0.3) is 0 Å². The summed E-state index contributed by atoms with van der Waals surface area (Å²) in [5.74, 6) is 2.14. The van der Waals surface area contributed by atoms with Crippen LogP contribution in [-0.4, -0.2) is 45.9 Å². The summed E-state index contributed by atoms with van der Waals surface area (Å²) >= 11 is 3.25. The van der Waals surface area contributed by atoms with Crippen LogP contribution in [0, 0.1) is 0 Å². The number of fused-ring (bicyclic) bond motifs is 1. The normalized spacial score (nSPS) is 17.8. The Kier molecular flexibility index (Phi) is 5.91. The molecule has 6 nitrogen and oxygen atoms in total. The molecule has 3 aromatic rings. The number of likely N-dealkylation sites (tertiary alicyclic amines) is 1. The Balaban J connectivity index is 1.30. The molecule has 2 aliphatic rings. The minimum Gasteiger partial charge on any atom is -0.486 e. The van der Waals surface area contributed by atoms with Crippen molar-refractivity contribution >= 4 is 29.0 Å². The fourth-order valence-electron chi connectivity index (χ4n) is 4.26. The maximum atomic E-state index is 13.0. The van der Waals surface area contributed by atoms with E-state index in [1.54, 1.807) is 11.3 Å². The lowest BCUT2D eigenvalue weighted by Gasteiger charge is -2.23. The van der Waals surface area contributed by atoms with Crippen molar-refractivity contribution in [3.63, 3.8) is 0 Å². The van der Waals surface area contributed by atoms with Gasteiger partial charge in [-0.2, -0.15) is 0 Å². The molecule has 1 saturated heterocycles. The van der Waals surface area contributed by atoms with Gasteiger partial charge in [0, 0.05) is 23.5 Å². The molecule has 1 amide bonds. The van der Waals surface area contributed by atoms with Crippen molar-refractivity contribution in [1.29, 1.82) is 0 Å². The first-order valence-corrected chi connectivity index (χ1v) is 12.5. The third-order valence-corrected chi connectivity index (χ3v) is 7.69. The second-order valence-electron chi connectivity index (χ2n) is 7.58. The summed E-state index contributed by atoms with van der Waals surface area (Å²) in [5.41, 5.74) is 2.06. The number of benzene rings is 1. The van der Waals surface area contributed by atoms with Crippen molar-refractivity contribution in [2.75, 3.05) is 25.5 Å². The molecule has 1 unspecified atom stereocenters. The molecule has 0 radical (unpaired) electrons. The lowest BCUT2D eigenvalue weighted by molar-refractivity contribution is -0.129. The zero-order valence-corrected chi connectivity index (χ0v) is 19.1. The number of imidazole rings is 1. The lowest BCUT2D eigenvalue weighted by atomic mass is 10.1. The molecule has 2 aromatic heterocycles. The van der Waals surface area contributed by atoms with E-state index in [0.717, 1.165) is 53.8 Å². The topological polar surface area (TPSA) is 56.6 Å². The molecule has 1 aromatic carbocycles. The molecule has 1 atom stereocenters. The van der Waals surface area contributed by atoms with Crippen LogP contribution in [0.25, 0.3) is 11.3 Å². The molecule has 4 heterocycles. The number of carbonyl (C=O) groups excluding carboxylic acids is 1. The van der Waals surface area contributed by atoms with Crippen LogP contribution in [0.3, 0.4) is 0 Å². The number of rotatable bonds is 6. The molecule has 0 aliphatic carbocycles. The summed E-state index contributed by atoms with van der Waals surface area (Å²) in [6.07, 6.45) is 4.00. The Morgan fingerprint density at radius 3 is 2.94 bits per heavy atom. The van der Waals surface area contributed by atoms with Gasteiger partial charge >= 0.3 is 0 Å². The number of aromatic nitrogens is 2. The first-order valence-electron chi connectivity index (χ1n) is 10.7. The summed E-state index contributed by atoms with van der Waals surface area (Å²) in [6, 6.07) is 10.4. The number of amides is 1. The highest BCUT2D eigenvalue weighted by molar-refractivity contribution is 7.99. The number of nitrogens with zero attached hydrogens (tertiary/aromatic N) is 3. The molecule has 8 heteroatoms. The molecule has 0 saturated carbocycles. The maximum absolute atomic E-state index is 13.0. The molecule has 2 aliphatic heterocycles. The Morgan fingerprint density at radius 1 is 1.26 bits per heavy atom. The van der Waals surface area contributed by atoms with Crippen molar-refractivity contribution in [3.05, 3.63) is 46.8 Å². The third-order valence-electron chi connectivity index (χ3n) is 5.74. The van der Waals surface area contributed by atoms with Gasteiger partial charge < -0.3 is 18.9 Å². The average molecular weight is 456 g/mol. The van der Waals surface area contributed by atoms with Crippen LogP contribution in [0.1, 0.15) is 30.7 Å². The molecular weight excluding hydrogens is 430 g/mol. The largest absolute Gasteiger partial charge is 0.486 e. The fourth-order valence-corrected chi connectivity index (χ4v) is 6.07. The highest BCUT2D eigenvalue weighted by Crippen LogP contribution is 2.37. The van der Waals surface area contributed by atoms with Gasteiger partial charge in [-0.3, -0.25) is 4.79 Å². The van der Waals surface area contributed by atoms with E-state index in [1.165, 1.54) is 16.6 Å². The summed E-state index contributed by atoms with van der Waals surface area (Å²) < 4.78 is 13.5. The van der Waals surface area contributed by atoms with Gasteiger partial charge in [0.15, 0.2) is 16.7 Å². The molecule has 0 spiro atoms. The maximum Gasteiger partial charge on any atom is 0.233 e. The molecule has 162 valence electrons. The number of hydrogen-bond donors (Lipinski definition) is 0. The summed E-state index contributed by atoms with van der Waals surface area (Å²) in [4.78, 5) is 21.0. The predicted octanol–water partition coefficient (Wildman–Crippen LogP) is 4.86. The van der Waals surface area contributed by atoms with Crippen LogP contribution in [-0.2, 0) is 11.3 Å². The van der Waals surface area contributed by atoms with Gasteiger partial charge in [0.2, 0.25) is 5.91 Å². The van der Waals surface area contributed by atoms with Gasteiger partial charge in [0.1, 0.15) is 13.2 Å². The second-order valence-corrected chi connectivity index (χ2v) is 9.50. The van der Waals surface area contributed by atoms with Crippen LogP contribution in [0.15, 0.2) is 47.1 Å². The van der Waals surface area contributed by atoms with Gasteiger partial charge in [0.05, 0.1) is 23.7 Å². The van der Waals surface area contributed by atoms with E-state index in [0.29, 0.717) is 19.0 Å². The van der Waals surface area contributed by atoms with E-state index in [4.69, 9.17) is 9.47 Å². The van der Waals surface area contributed by atoms with Gasteiger partial charge in [-0.05, 0) is 49.4 Å². The van der Waals surface area contributed by atoms with Crippen LogP contribution in [0.2, 0.25) is 0 Å². The number of thiophene rings is 1. The highest BCUT2D eigenvalue weighted by atomic mass is 32.2. The molecule has 31 heavy (non-hydrogen) atoms. The van der Waals surface area contributed by atoms with E-state index in [-0.39, 0.29) is 11.9 Å². The zero-order chi connectivity index (χ0) is 21.2. The Bertz CT molecular complexity index is 1060. The minimum absolute atomic E-state index is 0.187. The van der Waals surface area contributed by atoms with Crippen molar-refractivity contribution in [3.8, 4) is 22.8 Å². The van der Waals surface area contributed by atoms with E-state index < -0.39 is 0 Å². The molecule has 5 rings (SSSR count). The van der Waals surface area contributed by atoms with Crippen LogP contribution >= 0.6 is 23.1 Å². The van der Waals surface area contributed by atoms with Gasteiger partial charge in [-0.1, -0.05) is 17.8 Å². The average Bonchev–Trinajstić information content (AvgIpc) is 3.57. The van der Waals surface area contributed by atoms with Crippen LogP contribution in [0.5, 0.6) is 11.5 Å². The highest BCUT2D eigenvalue weighted by Gasteiger charge is 2.30. The molecule has 0 bridgehead atoms. The molecular formula is C23H25N3O3S2. The SMILES string of the molecule is CCn1c(-c2ccc3c(c2)OCCO3)cnc1SCC(=O)N1CCCC1c1cccs1. The van der Waals surface area contributed by atoms with E-state index in [9.17, 15) is 4.79 Å². The number of carbonyl (C=O) groups is 1. The third kappa shape index (κ3) is 4.06. The van der Waals surface area contributed by atoms with E-state index in [1.807, 2.05) is 29.3 Å². The summed E-state index contributed by atoms with van der Waals surface area (Å²) in [5, 5.41) is 2.95. The van der Waals surface area contributed by atoms with Crippen molar-refractivity contribution < 1.29 is 14.3 Å². The summed E-state index contributed by atoms with van der Waals surface area (Å²) in [7, 11) is 0. The van der Waals surface area contributed by atoms with E-state index >= 15 is 0 Å². The number of thioether (sulfide) groups is 1. The lowest BCUT2D eigenvalue weighted by Crippen LogP contribution is -2.31. The van der Waals surface area contributed by atoms with E-state index in [2.05, 4.69) is 34.0 Å². The number of ether oxygens (including phenoxy) is 2. The van der Waals surface area contributed by atoms with Crippen LogP contribution < -0.4 is 9.47 Å². The Labute approximate surface area is 190 Å². The first-order chi connectivity index (χ1) is 15.2. The number of hydrogen-bond acceptors (Lipinski definition) is 6. The monoisotopic (exact) mass is 455 g/mol. The smallest absolute Gasteiger partial charge is 0.233 e. The quantitative estimate of drug-likeness (QED) is 0.497. The second kappa shape index (κ2) is 8.96. The zero-order valence-electron chi connectivity index (χ0n) is 17.5. The van der Waals surface area contributed by atoms with Crippen molar-refractivity contribution in [1.82, 2.24) is 14.5 Å². The predicted molar refractivity (Wildman–Crippen MR) is 123 cm³/mol. The first kappa shape index (κ1) is 20.5. The minimum atomic E-state index is 0.187. The van der Waals surface area contributed by atoms with Gasteiger partial charge in [-0.25, -0.2) is 4.98 Å². The molecule has 0 N–H and O–H groups in total. The van der Waals surface area contributed by atoms with Crippen molar-refractivity contribution in [2.45, 2.75) is 37.5 Å². The fraction of sp³-hybridized carbons (Fsp3) is 0.391. The summed E-state index contributed by atoms with van der Waals surface area (Å²) in [6.45, 7) is 4.87. The van der Waals surface area contributed by atoms with Crippen LogP contribution in [0.4, 0.5) is 0 Å². The molecule has 1 fully saturated rings.